The largest absolute Gasteiger partial charge is 0.480 e. The van der Waals surface area contributed by atoms with Crippen LogP contribution in [0, 0.1) is 0 Å². The molecule has 1 unspecified atom stereocenters. The second-order valence-electron chi connectivity index (χ2n) is 6.08. The number of amides is 1. The molecule has 6 nitrogen and oxygen atoms in total. The van der Waals surface area contributed by atoms with Gasteiger partial charge in [0.15, 0.2) is 11.7 Å². The summed E-state index contributed by atoms with van der Waals surface area (Å²) in [7, 11) is 0. The van der Waals surface area contributed by atoms with Gasteiger partial charge in [-0.15, -0.1) is 0 Å². The van der Waals surface area contributed by atoms with E-state index in [2.05, 4.69) is 17.3 Å². The number of nitrogens with one attached hydrogen (secondary N) is 1. The molecule has 1 aromatic heterocycles. The zero-order chi connectivity index (χ0) is 18.0. The third kappa shape index (κ3) is 3.26. The molecule has 0 aliphatic heterocycles. The average molecular weight is 345 g/mol. The molecular formula is C18H20FN3O3. The van der Waals surface area contributed by atoms with E-state index in [0.29, 0.717) is 6.42 Å². The second kappa shape index (κ2) is 7.04. The van der Waals surface area contributed by atoms with Crippen molar-refractivity contribution >= 4 is 11.9 Å². The van der Waals surface area contributed by atoms with Crippen LogP contribution in [0.2, 0.25) is 0 Å². The summed E-state index contributed by atoms with van der Waals surface area (Å²) < 4.78 is 14.5. The molecule has 1 aliphatic rings. The molecular weight excluding hydrogens is 325 g/mol. The van der Waals surface area contributed by atoms with Crippen molar-refractivity contribution in [1.29, 1.82) is 0 Å². The van der Waals surface area contributed by atoms with E-state index < -0.39 is 24.6 Å². The molecule has 1 amide bonds. The molecule has 0 fully saturated rings. The summed E-state index contributed by atoms with van der Waals surface area (Å²) >= 11 is 0. The number of benzene rings is 1. The number of hydrogen-bond acceptors (Lipinski definition) is 3. The van der Waals surface area contributed by atoms with Crippen LogP contribution in [0.25, 0.3) is 5.69 Å². The van der Waals surface area contributed by atoms with Gasteiger partial charge in [-0.25, -0.2) is 13.9 Å². The predicted octanol–water partition coefficient (Wildman–Crippen LogP) is 2.08. The molecule has 132 valence electrons. The molecule has 1 aliphatic carbocycles. The monoisotopic (exact) mass is 345 g/mol. The smallest absolute Gasteiger partial charge is 0.328 e. The Hall–Kier alpha value is -2.70. The highest BCUT2D eigenvalue weighted by Crippen LogP contribution is 2.28. The Kier molecular flexibility index (Phi) is 4.83. The molecule has 0 saturated carbocycles. The van der Waals surface area contributed by atoms with E-state index in [-0.39, 0.29) is 5.69 Å². The SMILES string of the molecule is CCc1ccc(-n2nc(C(=O)NC(CF)C(=O)O)c3c2CCC3)cc1. The third-order valence-electron chi connectivity index (χ3n) is 4.49. The average Bonchev–Trinajstić information content (AvgIpc) is 3.21. The number of carboxylic acids is 1. The van der Waals surface area contributed by atoms with Crippen LogP contribution in [0.15, 0.2) is 24.3 Å². The van der Waals surface area contributed by atoms with Gasteiger partial charge >= 0.3 is 5.97 Å². The zero-order valence-electron chi connectivity index (χ0n) is 14.0. The van der Waals surface area contributed by atoms with Crippen LogP contribution in [0.5, 0.6) is 0 Å². The summed E-state index contributed by atoms with van der Waals surface area (Å²) in [5.41, 5.74) is 4.03. The molecule has 7 heteroatoms. The fraction of sp³-hybridized carbons (Fsp3) is 0.389. The highest BCUT2D eigenvalue weighted by molar-refractivity contribution is 5.96. The minimum atomic E-state index is -1.56. The number of carbonyl (C=O) groups excluding carboxylic acids is 1. The number of aryl methyl sites for hydroxylation is 1. The molecule has 3 rings (SSSR count). The second-order valence-corrected chi connectivity index (χ2v) is 6.08. The van der Waals surface area contributed by atoms with E-state index in [1.807, 2.05) is 24.3 Å². The number of hydrogen-bond donors (Lipinski definition) is 2. The lowest BCUT2D eigenvalue weighted by atomic mass is 10.1. The number of aliphatic carboxylic acids is 1. The van der Waals surface area contributed by atoms with E-state index >= 15 is 0 Å². The Morgan fingerprint density at radius 2 is 2.04 bits per heavy atom. The first-order valence-corrected chi connectivity index (χ1v) is 8.34. The van der Waals surface area contributed by atoms with Gasteiger partial charge in [0.2, 0.25) is 0 Å². The van der Waals surface area contributed by atoms with Gasteiger partial charge in [0, 0.05) is 11.3 Å². The number of carboxylic acid groups (broad SMARTS) is 1. The number of alkyl halides is 1. The fourth-order valence-electron chi connectivity index (χ4n) is 3.10. The van der Waals surface area contributed by atoms with Crippen LogP contribution in [-0.2, 0) is 24.1 Å². The molecule has 25 heavy (non-hydrogen) atoms. The quantitative estimate of drug-likeness (QED) is 0.839. The molecule has 1 heterocycles. The summed E-state index contributed by atoms with van der Waals surface area (Å²) in [6.45, 7) is 0.912. The van der Waals surface area contributed by atoms with E-state index in [1.165, 1.54) is 5.56 Å². The predicted molar refractivity (Wildman–Crippen MR) is 89.8 cm³/mol. The van der Waals surface area contributed by atoms with Crippen LogP contribution >= 0.6 is 0 Å². The summed E-state index contributed by atoms with van der Waals surface area (Å²) in [5.74, 6) is -2.05. The molecule has 1 atom stereocenters. The van der Waals surface area contributed by atoms with Gasteiger partial charge in [0.1, 0.15) is 6.67 Å². The maximum absolute atomic E-state index is 12.8. The van der Waals surface area contributed by atoms with Crippen molar-refractivity contribution in [3.05, 3.63) is 46.8 Å². The normalized spacial score (nSPS) is 14.2. The number of nitrogens with zero attached hydrogens (tertiary/aromatic N) is 2. The first-order valence-electron chi connectivity index (χ1n) is 8.34. The Bertz CT molecular complexity index is 799. The first-order chi connectivity index (χ1) is 12.0. The summed E-state index contributed by atoms with van der Waals surface area (Å²) in [4.78, 5) is 23.3. The van der Waals surface area contributed by atoms with Gasteiger partial charge in [-0.1, -0.05) is 19.1 Å². The Morgan fingerprint density at radius 3 is 2.64 bits per heavy atom. The van der Waals surface area contributed by atoms with Gasteiger partial charge < -0.3 is 10.4 Å². The molecule has 0 radical (unpaired) electrons. The zero-order valence-corrected chi connectivity index (χ0v) is 14.0. The van der Waals surface area contributed by atoms with Crippen molar-refractivity contribution in [2.45, 2.75) is 38.6 Å². The lowest BCUT2D eigenvalue weighted by molar-refractivity contribution is -0.139. The summed E-state index contributed by atoms with van der Waals surface area (Å²) in [5, 5.41) is 15.5. The third-order valence-corrected chi connectivity index (χ3v) is 4.49. The summed E-state index contributed by atoms with van der Waals surface area (Å²) in [6.07, 6.45) is 3.35. The Balaban J connectivity index is 1.94. The number of fused-ring (bicyclic) bond motifs is 1. The van der Waals surface area contributed by atoms with Crippen LogP contribution in [0.1, 0.15) is 40.7 Å². The number of aromatic nitrogens is 2. The molecule has 2 N–H and O–H groups in total. The van der Waals surface area contributed by atoms with E-state index in [0.717, 1.165) is 36.2 Å². The highest BCUT2D eigenvalue weighted by Gasteiger charge is 2.29. The van der Waals surface area contributed by atoms with Gasteiger partial charge in [0.25, 0.3) is 5.91 Å². The Morgan fingerprint density at radius 1 is 1.32 bits per heavy atom. The standard InChI is InChI=1S/C18H20FN3O3/c1-2-11-6-8-12(9-7-11)22-15-5-3-4-13(15)16(21-22)17(23)20-14(10-19)18(24)25/h6-9,14H,2-5,10H2,1H3,(H,20,23)(H,24,25). The number of rotatable bonds is 6. The maximum atomic E-state index is 12.8. The van der Waals surface area contributed by atoms with Crippen molar-refractivity contribution in [2.24, 2.45) is 0 Å². The minimum Gasteiger partial charge on any atom is -0.480 e. The van der Waals surface area contributed by atoms with Crippen molar-refractivity contribution < 1.29 is 19.1 Å². The van der Waals surface area contributed by atoms with Crippen LogP contribution < -0.4 is 5.32 Å². The highest BCUT2D eigenvalue weighted by atomic mass is 19.1. The van der Waals surface area contributed by atoms with E-state index in [4.69, 9.17) is 5.11 Å². The van der Waals surface area contributed by atoms with E-state index in [9.17, 15) is 14.0 Å². The van der Waals surface area contributed by atoms with Gasteiger partial charge in [-0.3, -0.25) is 4.79 Å². The van der Waals surface area contributed by atoms with Gasteiger partial charge in [0.05, 0.1) is 5.69 Å². The van der Waals surface area contributed by atoms with Crippen molar-refractivity contribution in [3.8, 4) is 5.69 Å². The molecule has 0 saturated heterocycles. The molecule has 0 bridgehead atoms. The number of halogens is 1. The van der Waals surface area contributed by atoms with Crippen LogP contribution in [0.3, 0.4) is 0 Å². The van der Waals surface area contributed by atoms with Crippen LogP contribution in [0.4, 0.5) is 4.39 Å². The van der Waals surface area contributed by atoms with Crippen molar-refractivity contribution in [2.75, 3.05) is 6.67 Å². The lowest BCUT2D eigenvalue weighted by Crippen LogP contribution is -2.42. The molecule has 0 spiro atoms. The molecule has 2 aromatic rings. The minimum absolute atomic E-state index is 0.187. The number of carbonyl (C=O) groups is 2. The molecule has 1 aromatic carbocycles. The van der Waals surface area contributed by atoms with Crippen LogP contribution in [-0.4, -0.2) is 39.5 Å². The van der Waals surface area contributed by atoms with Crippen molar-refractivity contribution in [1.82, 2.24) is 15.1 Å². The first kappa shape index (κ1) is 17.1. The fourth-order valence-corrected chi connectivity index (χ4v) is 3.10. The summed E-state index contributed by atoms with van der Waals surface area (Å²) in [6, 6.07) is 6.38. The Labute approximate surface area is 144 Å². The van der Waals surface area contributed by atoms with Crippen molar-refractivity contribution in [3.63, 3.8) is 0 Å². The van der Waals surface area contributed by atoms with Gasteiger partial charge in [-0.2, -0.15) is 5.10 Å². The topological polar surface area (TPSA) is 84.2 Å². The van der Waals surface area contributed by atoms with Gasteiger partial charge in [-0.05, 0) is 43.4 Å². The van der Waals surface area contributed by atoms with E-state index in [1.54, 1.807) is 4.68 Å². The maximum Gasteiger partial charge on any atom is 0.328 e. The lowest BCUT2D eigenvalue weighted by Gasteiger charge is -2.10.